The fraction of sp³-hybridized carbons (Fsp3) is 0.188. The third kappa shape index (κ3) is 3.13. The number of carbonyl (C=O) groups excluding carboxylic acids is 1. The van der Waals surface area contributed by atoms with Crippen molar-refractivity contribution in [3.05, 3.63) is 60.0 Å². The molecule has 3 nitrogen and oxygen atoms in total. The van der Waals surface area contributed by atoms with Crippen LogP contribution in [-0.2, 0) is 0 Å². The lowest BCUT2D eigenvalue weighted by atomic mass is 10.1. The van der Waals surface area contributed by atoms with Crippen molar-refractivity contribution in [2.24, 2.45) is 0 Å². The molecule has 1 aromatic heterocycles. The summed E-state index contributed by atoms with van der Waals surface area (Å²) < 4.78 is 5.66. The number of hydrogen-bond acceptors (Lipinski definition) is 3. The van der Waals surface area contributed by atoms with Crippen LogP contribution in [0.4, 0.5) is 0 Å². The molecule has 0 fully saturated rings. The third-order valence-electron chi connectivity index (χ3n) is 2.77. The van der Waals surface area contributed by atoms with Gasteiger partial charge in [0.1, 0.15) is 11.5 Å². The van der Waals surface area contributed by atoms with Crippen LogP contribution in [0.1, 0.15) is 16.1 Å². The Hall–Kier alpha value is -2.29. The highest BCUT2D eigenvalue weighted by atomic mass is 16.3. The number of aryl methyl sites for hydroxylation is 1. The first-order valence-corrected chi connectivity index (χ1v) is 6.13. The van der Waals surface area contributed by atoms with Gasteiger partial charge in [0.15, 0.2) is 5.78 Å². The Morgan fingerprint density at radius 3 is 2.53 bits per heavy atom. The lowest BCUT2D eigenvalue weighted by Crippen LogP contribution is -2.03. The molecule has 1 heterocycles. The second-order valence-electron chi connectivity index (χ2n) is 4.59. The summed E-state index contributed by atoms with van der Waals surface area (Å²) in [7, 11) is 3.75. The van der Waals surface area contributed by atoms with Gasteiger partial charge in [-0.15, -0.1) is 0 Å². The van der Waals surface area contributed by atoms with E-state index in [0.29, 0.717) is 11.3 Å². The lowest BCUT2D eigenvalue weighted by Gasteiger charge is -2.01. The van der Waals surface area contributed by atoms with Gasteiger partial charge in [0.2, 0.25) is 0 Å². The first kappa shape index (κ1) is 13.1. The van der Waals surface area contributed by atoms with Crippen LogP contribution < -0.4 is 0 Å². The van der Waals surface area contributed by atoms with E-state index in [9.17, 15) is 4.79 Å². The molecule has 3 heteroatoms. The largest absolute Gasteiger partial charge is 0.461 e. The highest BCUT2D eigenvalue weighted by molar-refractivity contribution is 6.05. The minimum Gasteiger partial charge on any atom is -0.461 e. The van der Waals surface area contributed by atoms with Gasteiger partial charge in [-0.1, -0.05) is 30.3 Å². The Morgan fingerprint density at radius 2 is 1.89 bits per heavy atom. The van der Waals surface area contributed by atoms with Crippen molar-refractivity contribution < 1.29 is 9.21 Å². The van der Waals surface area contributed by atoms with Gasteiger partial charge < -0.3 is 9.32 Å². The maximum Gasteiger partial charge on any atom is 0.190 e. The van der Waals surface area contributed by atoms with Gasteiger partial charge in [0, 0.05) is 31.9 Å². The number of allylic oxidation sites excluding steroid dienone is 1. The number of carbonyl (C=O) groups is 1. The average Bonchev–Trinajstić information content (AvgIpc) is 2.79. The van der Waals surface area contributed by atoms with Gasteiger partial charge >= 0.3 is 0 Å². The van der Waals surface area contributed by atoms with Crippen LogP contribution in [0.5, 0.6) is 0 Å². The van der Waals surface area contributed by atoms with Gasteiger partial charge in [0.25, 0.3) is 0 Å². The summed E-state index contributed by atoms with van der Waals surface area (Å²) >= 11 is 0. The minimum absolute atomic E-state index is 0.0443. The summed E-state index contributed by atoms with van der Waals surface area (Å²) in [5, 5.41) is 0. The molecule has 0 aliphatic rings. The SMILES string of the molecule is Cc1oc(-c2ccccc2)cc1C(=O)/C=C/N(C)C. The number of hydrogen-bond donors (Lipinski definition) is 0. The normalized spacial score (nSPS) is 10.9. The first-order chi connectivity index (χ1) is 9.08. The van der Waals surface area contributed by atoms with E-state index in [2.05, 4.69) is 0 Å². The summed E-state index contributed by atoms with van der Waals surface area (Å²) in [4.78, 5) is 13.9. The van der Waals surface area contributed by atoms with Crippen LogP contribution in [0.15, 0.2) is 53.1 Å². The van der Waals surface area contributed by atoms with E-state index in [-0.39, 0.29) is 5.78 Å². The molecule has 2 aromatic rings. The Balaban J connectivity index is 2.29. The maximum absolute atomic E-state index is 12.0. The summed E-state index contributed by atoms with van der Waals surface area (Å²) in [5.41, 5.74) is 1.58. The van der Waals surface area contributed by atoms with E-state index >= 15 is 0 Å². The monoisotopic (exact) mass is 255 g/mol. The molecule has 0 radical (unpaired) electrons. The molecule has 98 valence electrons. The number of rotatable bonds is 4. The summed E-state index contributed by atoms with van der Waals surface area (Å²) in [6, 6.07) is 11.6. The Labute approximate surface area is 113 Å². The van der Waals surface area contributed by atoms with Crippen molar-refractivity contribution in [2.75, 3.05) is 14.1 Å². The number of nitrogens with zero attached hydrogens (tertiary/aromatic N) is 1. The summed E-state index contributed by atoms with van der Waals surface area (Å²) in [5.74, 6) is 1.32. The maximum atomic E-state index is 12.0. The average molecular weight is 255 g/mol. The van der Waals surface area contributed by atoms with Crippen molar-refractivity contribution in [3.63, 3.8) is 0 Å². The number of furan rings is 1. The van der Waals surface area contributed by atoms with E-state index in [1.165, 1.54) is 0 Å². The molecule has 19 heavy (non-hydrogen) atoms. The van der Waals surface area contributed by atoms with E-state index in [1.807, 2.05) is 56.3 Å². The van der Waals surface area contributed by atoms with E-state index in [1.54, 1.807) is 18.3 Å². The highest BCUT2D eigenvalue weighted by Crippen LogP contribution is 2.25. The van der Waals surface area contributed by atoms with Gasteiger partial charge in [0.05, 0.1) is 5.56 Å². The molecule has 0 spiro atoms. The molecular formula is C16H17NO2. The topological polar surface area (TPSA) is 33.5 Å². The summed E-state index contributed by atoms with van der Waals surface area (Å²) in [6.45, 7) is 1.81. The first-order valence-electron chi connectivity index (χ1n) is 6.13. The van der Waals surface area contributed by atoms with E-state index < -0.39 is 0 Å². The van der Waals surface area contributed by atoms with Crippen LogP contribution >= 0.6 is 0 Å². The fourth-order valence-electron chi connectivity index (χ4n) is 1.78. The van der Waals surface area contributed by atoms with Crippen LogP contribution in [0, 0.1) is 6.92 Å². The van der Waals surface area contributed by atoms with Crippen molar-refractivity contribution in [2.45, 2.75) is 6.92 Å². The number of benzene rings is 1. The van der Waals surface area contributed by atoms with E-state index in [0.717, 1.165) is 11.3 Å². The third-order valence-corrected chi connectivity index (χ3v) is 2.77. The van der Waals surface area contributed by atoms with Gasteiger partial charge in [-0.3, -0.25) is 4.79 Å². The summed E-state index contributed by atoms with van der Waals surface area (Å²) in [6.07, 6.45) is 3.28. The highest BCUT2D eigenvalue weighted by Gasteiger charge is 2.13. The van der Waals surface area contributed by atoms with Crippen LogP contribution in [0.25, 0.3) is 11.3 Å². The molecule has 0 saturated carbocycles. The van der Waals surface area contributed by atoms with Crippen molar-refractivity contribution in [1.29, 1.82) is 0 Å². The van der Waals surface area contributed by atoms with Gasteiger partial charge in [-0.05, 0) is 13.0 Å². The Bertz CT molecular complexity index is 594. The van der Waals surface area contributed by atoms with Crippen molar-refractivity contribution >= 4 is 5.78 Å². The van der Waals surface area contributed by atoms with Crippen molar-refractivity contribution in [1.82, 2.24) is 4.90 Å². The molecule has 0 saturated heterocycles. The molecule has 0 bridgehead atoms. The van der Waals surface area contributed by atoms with Crippen LogP contribution in [-0.4, -0.2) is 24.8 Å². The molecule has 0 aliphatic carbocycles. The second-order valence-corrected chi connectivity index (χ2v) is 4.59. The zero-order valence-electron chi connectivity index (χ0n) is 11.4. The molecule has 0 atom stereocenters. The molecule has 0 amide bonds. The Morgan fingerprint density at radius 1 is 1.21 bits per heavy atom. The molecular weight excluding hydrogens is 238 g/mol. The standard InChI is InChI=1S/C16H17NO2/c1-12-14(15(18)9-10-17(2)3)11-16(19-12)13-7-5-4-6-8-13/h4-11H,1-3H3/b10-9+. The van der Waals surface area contributed by atoms with Crippen LogP contribution in [0.2, 0.25) is 0 Å². The molecule has 0 N–H and O–H groups in total. The predicted octanol–water partition coefficient (Wildman–Crippen LogP) is 3.51. The zero-order chi connectivity index (χ0) is 13.8. The lowest BCUT2D eigenvalue weighted by molar-refractivity contribution is 0.104. The van der Waals surface area contributed by atoms with E-state index in [4.69, 9.17) is 4.42 Å². The molecule has 0 aliphatic heterocycles. The molecule has 1 aromatic carbocycles. The predicted molar refractivity (Wildman–Crippen MR) is 76.0 cm³/mol. The van der Waals surface area contributed by atoms with Crippen LogP contribution in [0.3, 0.4) is 0 Å². The number of ketones is 1. The van der Waals surface area contributed by atoms with Gasteiger partial charge in [-0.2, -0.15) is 0 Å². The molecule has 2 rings (SSSR count). The smallest absolute Gasteiger partial charge is 0.190 e. The Kier molecular flexibility index (Phi) is 3.85. The van der Waals surface area contributed by atoms with Crippen molar-refractivity contribution in [3.8, 4) is 11.3 Å². The quantitative estimate of drug-likeness (QED) is 0.619. The molecule has 0 unspecified atom stereocenters. The zero-order valence-corrected chi connectivity index (χ0v) is 11.4. The minimum atomic E-state index is -0.0443. The fourth-order valence-corrected chi connectivity index (χ4v) is 1.78. The second kappa shape index (κ2) is 5.57. The van der Waals surface area contributed by atoms with Gasteiger partial charge in [-0.25, -0.2) is 0 Å².